The fraction of sp³-hybridized carbons (Fsp3) is 0.481. The van der Waals surface area contributed by atoms with Crippen LogP contribution in [0.2, 0.25) is 0 Å². The molecule has 3 nitrogen and oxygen atoms in total. The molecule has 1 aliphatic heterocycles. The largest absolute Gasteiger partial charge is 0.508 e. The van der Waals surface area contributed by atoms with Crippen LogP contribution in [0.1, 0.15) is 48.1 Å². The highest BCUT2D eigenvalue weighted by molar-refractivity contribution is 8.93. The number of rotatable bonds is 2. The fourth-order valence-corrected chi connectivity index (χ4v) is 7.41. The first kappa shape index (κ1) is 19.9. The summed E-state index contributed by atoms with van der Waals surface area (Å²) in [6.07, 6.45) is 8.90. The van der Waals surface area contributed by atoms with Gasteiger partial charge in [-0.05, 0) is 91.8 Å². The minimum Gasteiger partial charge on any atom is -0.508 e. The molecule has 0 spiro atoms. The molecule has 1 saturated carbocycles. The van der Waals surface area contributed by atoms with Crippen LogP contribution in [0.3, 0.4) is 0 Å². The molecule has 1 aromatic heterocycles. The molecule has 3 atom stereocenters. The first-order valence-electron chi connectivity index (χ1n) is 11.9. The zero-order valence-electron chi connectivity index (χ0n) is 17.9. The summed E-state index contributed by atoms with van der Waals surface area (Å²) in [4.78, 5) is 6.64. The van der Waals surface area contributed by atoms with Crippen molar-refractivity contribution in [3.8, 4) is 5.75 Å². The molecule has 2 fully saturated rings. The third kappa shape index (κ3) is 2.80. The summed E-state index contributed by atoms with van der Waals surface area (Å²) in [5.74, 6) is 2.00. The summed E-state index contributed by atoms with van der Waals surface area (Å²) in [6.45, 7) is 2.51. The molecule has 2 aromatic carbocycles. The van der Waals surface area contributed by atoms with E-state index in [1.807, 2.05) is 6.07 Å². The maximum Gasteiger partial charge on any atom is 0.115 e. The highest BCUT2D eigenvalue weighted by atomic mass is 79.9. The second kappa shape index (κ2) is 7.11. The van der Waals surface area contributed by atoms with Crippen molar-refractivity contribution in [3.63, 3.8) is 0 Å². The van der Waals surface area contributed by atoms with E-state index in [4.69, 9.17) is 0 Å². The van der Waals surface area contributed by atoms with E-state index in [9.17, 15) is 5.11 Å². The maximum atomic E-state index is 10.4. The number of benzene rings is 2. The lowest BCUT2D eigenvalue weighted by molar-refractivity contribution is -0.00774. The van der Waals surface area contributed by atoms with Crippen molar-refractivity contribution in [3.05, 3.63) is 64.8 Å². The highest BCUT2D eigenvalue weighted by Crippen LogP contribution is 2.56. The molecule has 2 bridgehead atoms. The third-order valence-corrected chi connectivity index (χ3v) is 9.08. The molecule has 2 N–H and O–H groups in total. The quantitative estimate of drug-likeness (QED) is 0.507. The van der Waals surface area contributed by atoms with Crippen LogP contribution in [0.5, 0.6) is 5.75 Å². The predicted molar refractivity (Wildman–Crippen MR) is 130 cm³/mol. The number of piperidine rings is 1. The lowest BCUT2D eigenvalue weighted by atomic mass is 9.52. The molecule has 162 valence electrons. The molecule has 3 aliphatic carbocycles. The molecule has 2 heterocycles. The smallest absolute Gasteiger partial charge is 0.115 e. The van der Waals surface area contributed by atoms with E-state index in [0.717, 1.165) is 18.8 Å². The average molecular weight is 479 g/mol. The first-order valence-corrected chi connectivity index (χ1v) is 11.9. The Balaban J connectivity index is 0.00000185. The summed E-state index contributed by atoms with van der Waals surface area (Å²) in [7, 11) is 0. The van der Waals surface area contributed by atoms with Crippen molar-refractivity contribution in [2.24, 2.45) is 11.8 Å². The Morgan fingerprint density at radius 1 is 1.10 bits per heavy atom. The van der Waals surface area contributed by atoms with Crippen LogP contribution < -0.4 is 0 Å². The van der Waals surface area contributed by atoms with Gasteiger partial charge in [-0.15, -0.1) is 17.0 Å². The minimum atomic E-state index is 0. The van der Waals surface area contributed by atoms with Gasteiger partial charge in [0.2, 0.25) is 0 Å². The molecular formula is C27H31BrN2O. The summed E-state index contributed by atoms with van der Waals surface area (Å²) in [5.41, 5.74) is 7.37. The van der Waals surface area contributed by atoms with E-state index < -0.39 is 0 Å². The van der Waals surface area contributed by atoms with E-state index in [-0.39, 0.29) is 22.4 Å². The lowest BCUT2D eigenvalue weighted by Gasteiger charge is -2.59. The first-order chi connectivity index (χ1) is 14.7. The number of likely N-dealkylation sites (tertiary alicyclic amines) is 1. The molecule has 0 radical (unpaired) electrons. The Hall–Kier alpha value is -1.78. The van der Waals surface area contributed by atoms with E-state index in [1.165, 1.54) is 72.9 Å². The Morgan fingerprint density at radius 2 is 1.97 bits per heavy atom. The maximum absolute atomic E-state index is 10.4. The number of nitrogens with one attached hydrogen (secondary N) is 1. The lowest BCUT2D eigenvalue weighted by Crippen LogP contribution is -2.63. The van der Waals surface area contributed by atoms with Gasteiger partial charge in [0.1, 0.15) is 5.75 Å². The van der Waals surface area contributed by atoms with Crippen molar-refractivity contribution in [1.82, 2.24) is 9.88 Å². The van der Waals surface area contributed by atoms with Crippen molar-refractivity contribution in [1.29, 1.82) is 0 Å². The van der Waals surface area contributed by atoms with Gasteiger partial charge >= 0.3 is 0 Å². The summed E-state index contributed by atoms with van der Waals surface area (Å²) in [6, 6.07) is 15.7. The van der Waals surface area contributed by atoms with Crippen LogP contribution in [-0.2, 0) is 24.7 Å². The average Bonchev–Trinajstić information content (AvgIpc) is 3.08. The van der Waals surface area contributed by atoms with Crippen LogP contribution in [0.15, 0.2) is 42.5 Å². The molecule has 31 heavy (non-hydrogen) atoms. The van der Waals surface area contributed by atoms with E-state index in [2.05, 4.69) is 46.3 Å². The normalized spacial score (nSPS) is 29.4. The molecule has 7 rings (SSSR count). The minimum absolute atomic E-state index is 0. The Kier molecular flexibility index (Phi) is 4.56. The van der Waals surface area contributed by atoms with Crippen LogP contribution in [-0.4, -0.2) is 34.1 Å². The zero-order chi connectivity index (χ0) is 19.9. The van der Waals surface area contributed by atoms with Crippen molar-refractivity contribution < 1.29 is 5.11 Å². The number of phenols is 1. The standard InChI is InChI=1S/C27H30N2O.BrH/c30-19-9-8-18-12-26-23-14-21-20-6-1-2-7-24(20)28-25(21)15-27(23,22(18)13-19)10-11-29(26)16-17-4-3-5-17;/h1-2,6-9,13,17,23,26,28,30H,3-5,10-12,14-16H2;1H/t23-,26-,27-;/m0./s1. The van der Waals surface area contributed by atoms with Gasteiger partial charge in [0.05, 0.1) is 0 Å². The number of nitrogens with zero attached hydrogens (tertiary/aromatic N) is 1. The van der Waals surface area contributed by atoms with Gasteiger partial charge in [-0.25, -0.2) is 0 Å². The van der Waals surface area contributed by atoms with Gasteiger partial charge in [-0.1, -0.05) is 30.7 Å². The Bertz CT molecular complexity index is 1150. The number of para-hydroxylation sites is 1. The SMILES string of the molecule is Br.Oc1ccc2c(c1)[C@@]13CCN(CC4CCC4)[C@@H](C2)[C@@H]1Cc1c([nH]c2ccccc12)C3. The van der Waals surface area contributed by atoms with Gasteiger partial charge in [0, 0.05) is 34.6 Å². The van der Waals surface area contributed by atoms with Crippen LogP contribution in [0.4, 0.5) is 0 Å². The number of halogens is 1. The van der Waals surface area contributed by atoms with Crippen molar-refractivity contribution >= 4 is 27.9 Å². The third-order valence-electron chi connectivity index (χ3n) is 9.08. The van der Waals surface area contributed by atoms with Gasteiger partial charge in [-0.3, -0.25) is 4.90 Å². The van der Waals surface area contributed by atoms with Crippen molar-refractivity contribution in [2.45, 2.75) is 56.4 Å². The Labute approximate surface area is 194 Å². The van der Waals surface area contributed by atoms with E-state index >= 15 is 0 Å². The van der Waals surface area contributed by atoms with E-state index in [1.54, 1.807) is 5.56 Å². The predicted octanol–water partition coefficient (Wildman–Crippen LogP) is 5.53. The summed E-state index contributed by atoms with van der Waals surface area (Å²) >= 11 is 0. The second-order valence-electron chi connectivity index (χ2n) is 10.4. The number of fused-ring (bicyclic) bond motifs is 4. The van der Waals surface area contributed by atoms with Gasteiger partial charge in [0.25, 0.3) is 0 Å². The Morgan fingerprint density at radius 3 is 2.81 bits per heavy atom. The number of hydrogen-bond donors (Lipinski definition) is 2. The van der Waals surface area contributed by atoms with Crippen LogP contribution in [0, 0.1) is 11.8 Å². The number of hydrogen-bond acceptors (Lipinski definition) is 2. The number of aromatic hydroxyl groups is 1. The molecular weight excluding hydrogens is 448 g/mol. The second-order valence-corrected chi connectivity index (χ2v) is 10.4. The van der Waals surface area contributed by atoms with Crippen LogP contribution >= 0.6 is 17.0 Å². The monoisotopic (exact) mass is 478 g/mol. The molecule has 4 heteroatoms. The van der Waals surface area contributed by atoms with Gasteiger partial charge in [-0.2, -0.15) is 0 Å². The summed E-state index contributed by atoms with van der Waals surface area (Å²) < 4.78 is 0. The van der Waals surface area contributed by atoms with E-state index in [0.29, 0.717) is 17.7 Å². The molecule has 0 amide bonds. The van der Waals surface area contributed by atoms with Gasteiger partial charge < -0.3 is 10.1 Å². The molecule has 4 aliphatic rings. The van der Waals surface area contributed by atoms with Gasteiger partial charge in [0.15, 0.2) is 0 Å². The number of phenolic OH excluding ortho intramolecular Hbond substituents is 1. The fourth-order valence-electron chi connectivity index (χ4n) is 7.41. The van der Waals surface area contributed by atoms with Crippen molar-refractivity contribution in [2.75, 3.05) is 13.1 Å². The molecule has 0 unspecified atom stereocenters. The number of H-pyrrole nitrogens is 1. The zero-order valence-corrected chi connectivity index (χ0v) is 19.7. The number of aromatic amines is 1. The van der Waals surface area contributed by atoms with Crippen LogP contribution in [0.25, 0.3) is 10.9 Å². The topological polar surface area (TPSA) is 39.3 Å². The summed E-state index contributed by atoms with van der Waals surface area (Å²) in [5, 5.41) is 11.8. The number of aromatic nitrogens is 1. The molecule has 1 saturated heterocycles. The molecule has 3 aromatic rings. The highest BCUT2D eigenvalue weighted by Gasteiger charge is 2.55.